The zero-order valence-corrected chi connectivity index (χ0v) is 13.2. The fourth-order valence-electron chi connectivity index (χ4n) is 0.987. The van der Waals surface area contributed by atoms with Crippen LogP contribution in [0.25, 0.3) is 0 Å². The summed E-state index contributed by atoms with van der Waals surface area (Å²) in [5.41, 5.74) is 0. The molecule has 0 N–H and O–H groups in total. The van der Waals surface area contributed by atoms with Gasteiger partial charge in [0.05, 0.1) is 0 Å². The molecule has 0 bridgehead atoms. The number of nitrogens with zero attached hydrogens (tertiary/aromatic N) is 2. The van der Waals surface area contributed by atoms with Gasteiger partial charge in [0.1, 0.15) is 0 Å². The fraction of sp³-hybridized carbons (Fsp3) is 0.833. The third-order valence-electron chi connectivity index (χ3n) is 2.09. The molecule has 1 aliphatic heterocycles. The van der Waals surface area contributed by atoms with Crippen molar-refractivity contribution in [1.29, 1.82) is 0 Å². The Hall–Kier alpha value is 0.972. The quantitative estimate of drug-likeness (QED) is 0.610. The normalized spacial score (nSPS) is 14.2. The number of likely N-dealkylation sites (tertiary alicyclic amines) is 1. The van der Waals surface area contributed by atoms with Crippen molar-refractivity contribution in [2.24, 2.45) is 0 Å². The van der Waals surface area contributed by atoms with E-state index in [-0.39, 0.29) is 46.0 Å². The molecule has 92 valence electrons. The summed E-state index contributed by atoms with van der Waals surface area (Å²) in [6.07, 6.45) is 2.83. The molecule has 1 heterocycles. The largest absolute Gasteiger partial charge is 2.00 e. The van der Waals surface area contributed by atoms with Gasteiger partial charge in [-0.1, -0.05) is 14.9 Å². The first-order valence-electron chi connectivity index (χ1n) is 4.66. The summed E-state index contributed by atoms with van der Waals surface area (Å²) in [6.45, 7) is 11.6. The van der Waals surface area contributed by atoms with Gasteiger partial charge < -0.3 is 23.6 Å². The van der Waals surface area contributed by atoms with Crippen molar-refractivity contribution in [3.8, 4) is 0 Å². The van der Waals surface area contributed by atoms with E-state index in [1.807, 2.05) is 11.9 Å². The van der Waals surface area contributed by atoms with E-state index in [1.54, 1.807) is 0 Å². The zero-order chi connectivity index (χ0) is 9.40. The molecule has 15 heavy (non-hydrogen) atoms. The molecule has 1 fully saturated rings. The summed E-state index contributed by atoms with van der Waals surface area (Å²) in [5.74, 6) is 0. The summed E-state index contributed by atoms with van der Waals surface area (Å²) in [7, 11) is 4.16. The van der Waals surface area contributed by atoms with Crippen molar-refractivity contribution in [2.45, 2.75) is 27.7 Å². The molecule has 0 aliphatic carbocycles. The van der Waals surface area contributed by atoms with E-state index in [0.29, 0.717) is 0 Å². The molecule has 2 nitrogen and oxygen atoms in total. The standard InChI is InChI=1S/2C5H11N.2CH4.U/c1-6-4-2-3-5-6;1-4-6(3)5-2;;;/h2-5H2,1H3;1-2,4-5H2,3H3;2*1H4;/q;-2;;;+2. The Morgan fingerprint density at radius 2 is 1.40 bits per heavy atom. The van der Waals surface area contributed by atoms with Crippen LogP contribution in [-0.2, 0) is 0 Å². The molecular formula is C12H30N2U. The van der Waals surface area contributed by atoms with E-state index in [9.17, 15) is 0 Å². The molecule has 3 heteroatoms. The van der Waals surface area contributed by atoms with Crippen LogP contribution in [-0.4, -0.2) is 50.1 Å². The zero-order valence-electron chi connectivity index (χ0n) is 9.05. The monoisotopic (exact) mass is 440 g/mol. The van der Waals surface area contributed by atoms with Crippen molar-refractivity contribution < 1.29 is 31.1 Å². The minimum absolute atomic E-state index is 0. The van der Waals surface area contributed by atoms with Crippen molar-refractivity contribution >= 4 is 0 Å². The summed E-state index contributed by atoms with van der Waals surface area (Å²) in [6, 6.07) is 0. The Balaban J connectivity index is -0.0000000672. The Morgan fingerprint density at radius 1 is 1.07 bits per heavy atom. The maximum Gasteiger partial charge on any atom is 2.00 e. The summed E-state index contributed by atoms with van der Waals surface area (Å²) >= 11 is 0. The van der Waals surface area contributed by atoms with Crippen molar-refractivity contribution in [3.05, 3.63) is 13.8 Å². The number of hydrogen-bond acceptors (Lipinski definition) is 2. The Kier molecular flexibility index (Phi) is 28.9. The van der Waals surface area contributed by atoms with Crippen LogP contribution >= 0.6 is 0 Å². The second-order valence-electron chi connectivity index (χ2n) is 3.31. The SMILES string of the molecule is C.C.CN1CCCC1.[CH2-]CN(C)C[CH2-].[U+2]. The van der Waals surface area contributed by atoms with Gasteiger partial charge in [0.25, 0.3) is 0 Å². The van der Waals surface area contributed by atoms with Crippen molar-refractivity contribution in [3.63, 3.8) is 0 Å². The van der Waals surface area contributed by atoms with Gasteiger partial charge in [0.2, 0.25) is 0 Å². The van der Waals surface area contributed by atoms with Crippen LogP contribution < -0.4 is 0 Å². The Bertz CT molecular complexity index is 89.6. The number of hydrogen-bond donors (Lipinski definition) is 0. The van der Waals surface area contributed by atoms with Crippen LogP contribution in [0, 0.1) is 45.0 Å². The second kappa shape index (κ2) is 17.4. The van der Waals surface area contributed by atoms with Crippen molar-refractivity contribution in [1.82, 2.24) is 9.80 Å². The van der Waals surface area contributed by atoms with Gasteiger partial charge in [-0.05, 0) is 40.0 Å². The topological polar surface area (TPSA) is 6.48 Å². The van der Waals surface area contributed by atoms with Crippen LogP contribution in [0.1, 0.15) is 27.7 Å². The van der Waals surface area contributed by atoms with E-state index in [1.165, 1.54) is 25.9 Å². The predicted octanol–water partition coefficient (Wildman–Crippen LogP) is 2.57. The molecule has 0 aromatic carbocycles. The second-order valence-corrected chi connectivity index (χ2v) is 3.31. The minimum Gasteiger partial charge on any atom is -0.365 e. The average Bonchev–Trinajstić information content (AvgIpc) is 2.55. The molecule has 0 spiro atoms. The molecule has 0 saturated carbocycles. The average molecular weight is 440 g/mol. The van der Waals surface area contributed by atoms with Crippen LogP contribution in [0.4, 0.5) is 0 Å². The smallest absolute Gasteiger partial charge is 0.365 e. The molecular weight excluding hydrogens is 410 g/mol. The number of rotatable bonds is 2. The first-order valence-corrected chi connectivity index (χ1v) is 4.66. The Morgan fingerprint density at radius 3 is 1.47 bits per heavy atom. The first kappa shape index (κ1) is 25.0. The van der Waals surface area contributed by atoms with Gasteiger partial charge in [-0.3, -0.25) is 0 Å². The van der Waals surface area contributed by atoms with Gasteiger partial charge >= 0.3 is 31.1 Å². The van der Waals surface area contributed by atoms with E-state index in [2.05, 4.69) is 25.8 Å². The minimum atomic E-state index is 0. The molecule has 0 aromatic heterocycles. The van der Waals surface area contributed by atoms with Crippen molar-refractivity contribution in [2.75, 3.05) is 40.3 Å². The van der Waals surface area contributed by atoms with Crippen LogP contribution in [0.5, 0.6) is 0 Å². The fourth-order valence-corrected chi connectivity index (χ4v) is 0.987. The molecule has 0 unspecified atom stereocenters. The van der Waals surface area contributed by atoms with Crippen LogP contribution in [0.2, 0.25) is 0 Å². The predicted molar refractivity (Wildman–Crippen MR) is 68.4 cm³/mol. The summed E-state index contributed by atoms with van der Waals surface area (Å²) in [4.78, 5) is 4.39. The van der Waals surface area contributed by atoms with Gasteiger partial charge in [0, 0.05) is 0 Å². The molecule has 0 radical (unpaired) electrons. The summed E-state index contributed by atoms with van der Waals surface area (Å²) < 4.78 is 0. The van der Waals surface area contributed by atoms with E-state index >= 15 is 0 Å². The molecule has 1 saturated heterocycles. The van der Waals surface area contributed by atoms with Gasteiger partial charge in [0.15, 0.2) is 0 Å². The molecule has 0 aromatic rings. The van der Waals surface area contributed by atoms with Gasteiger partial charge in [-0.15, -0.1) is 13.1 Å². The van der Waals surface area contributed by atoms with Gasteiger partial charge in [-0.25, -0.2) is 0 Å². The van der Waals surface area contributed by atoms with E-state index in [4.69, 9.17) is 0 Å². The maximum atomic E-state index is 3.64. The molecule has 1 rings (SSSR count). The van der Waals surface area contributed by atoms with E-state index in [0.717, 1.165) is 13.1 Å². The molecule has 0 atom stereocenters. The maximum absolute atomic E-state index is 3.64. The third kappa shape index (κ3) is 17.6. The van der Waals surface area contributed by atoms with Crippen LogP contribution in [0.3, 0.4) is 0 Å². The van der Waals surface area contributed by atoms with Crippen LogP contribution in [0.15, 0.2) is 0 Å². The molecule has 1 aliphatic rings. The third-order valence-corrected chi connectivity index (χ3v) is 2.09. The molecule has 0 amide bonds. The summed E-state index contributed by atoms with van der Waals surface area (Å²) in [5, 5.41) is 0. The van der Waals surface area contributed by atoms with E-state index < -0.39 is 0 Å². The van der Waals surface area contributed by atoms with Gasteiger partial charge in [-0.2, -0.15) is 0 Å². The Labute approximate surface area is 122 Å². The first-order chi connectivity index (χ1) is 5.70.